The van der Waals surface area contributed by atoms with Crippen molar-refractivity contribution in [3.63, 3.8) is 0 Å². The molecule has 0 aromatic carbocycles. The van der Waals surface area contributed by atoms with E-state index in [4.69, 9.17) is 4.74 Å². The Labute approximate surface area is 106 Å². The summed E-state index contributed by atoms with van der Waals surface area (Å²) in [6, 6.07) is 0.866. The first kappa shape index (κ1) is 13.3. The second-order valence-corrected chi connectivity index (χ2v) is 5.45. The Balaban J connectivity index is 1.51. The van der Waals surface area contributed by atoms with E-state index < -0.39 is 0 Å². The second-order valence-electron chi connectivity index (χ2n) is 5.45. The Morgan fingerprint density at radius 1 is 1.12 bits per heavy atom. The molecule has 0 aromatic heterocycles. The Bertz CT molecular complexity index is 210. The molecule has 100 valence electrons. The summed E-state index contributed by atoms with van der Waals surface area (Å²) in [5.74, 6) is 0. The van der Waals surface area contributed by atoms with Crippen LogP contribution < -0.4 is 0 Å². The molecule has 0 radical (unpaired) electrons. The summed E-state index contributed by atoms with van der Waals surface area (Å²) in [4.78, 5) is 5.31. The first-order valence-electron chi connectivity index (χ1n) is 7.44. The van der Waals surface area contributed by atoms with E-state index in [9.17, 15) is 0 Å². The lowest BCUT2D eigenvalue weighted by molar-refractivity contribution is 0.0831. The molecule has 0 spiro atoms. The summed E-state index contributed by atoms with van der Waals surface area (Å²) >= 11 is 0. The quantitative estimate of drug-likeness (QED) is 0.633. The van der Waals surface area contributed by atoms with Crippen LogP contribution in [0.4, 0.5) is 0 Å². The Morgan fingerprint density at radius 2 is 2.00 bits per heavy atom. The molecule has 3 heteroatoms. The standard InChI is InChI=1S/C14H28N2O/c1-2-3-11-17-12-5-7-15-9-10-16-8-4-6-14(16)13-15/h14H,2-13H2,1H3. The predicted octanol–water partition coefficient (Wildman–Crippen LogP) is 1.97. The fourth-order valence-electron chi connectivity index (χ4n) is 3.00. The van der Waals surface area contributed by atoms with Gasteiger partial charge in [-0.05, 0) is 32.2 Å². The van der Waals surface area contributed by atoms with Gasteiger partial charge in [0, 0.05) is 45.4 Å². The van der Waals surface area contributed by atoms with E-state index in [0.717, 1.165) is 19.3 Å². The van der Waals surface area contributed by atoms with E-state index in [0.29, 0.717) is 0 Å². The monoisotopic (exact) mass is 240 g/mol. The maximum atomic E-state index is 5.61. The largest absolute Gasteiger partial charge is 0.381 e. The highest BCUT2D eigenvalue weighted by molar-refractivity contribution is 4.86. The van der Waals surface area contributed by atoms with E-state index in [-0.39, 0.29) is 0 Å². The van der Waals surface area contributed by atoms with Crippen molar-refractivity contribution in [2.75, 3.05) is 45.9 Å². The Hall–Kier alpha value is -0.120. The molecule has 17 heavy (non-hydrogen) atoms. The molecule has 3 nitrogen and oxygen atoms in total. The summed E-state index contributed by atoms with van der Waals surface area (Å²) in [5.41, 5.74) is 0. The summed E-state index contributed by atoms with van der Waals surface area (Å²) < 4.78 is 5.61. The van der Waals surface area contributed by atoms with Gasteiger partial charge in [-0.15, -0.1) is 0 Å². The number of hydrogen-bond acceptors (Lipinski definition) is 3. The van der Waals surface area contributed by atoms with Crippen LogP contribution in [-0.4, -0.2) is 61.8 Å². The van der Waals surface area contributed by atoms with Gasteiger partial charge in [0.2, 0.25) is 0 Å². The van der Waals surface area contributed by atoms with Crippen molar-refractivity contribution in [3.05, 3.63) is 0 Å². The number of nitrogens with zero attached hydrogens (tertiary/aromatic N) is 2. The van der Waals surface area contributed by atoms with E-state index in [1.807, 2.05) is 0 Å². The highest BCUT2D eigenvalue weighted by Gasteiger charge is 2.29. The van der Waals surface area contributed by atoms with Crippen molar-refractivity contribution in [3.8, 4) is 0 Å². The number of rotatable bonds is 7. The third-order valence-electron chi connectivity index (χ3n) is 4.08. The zero-order valence-corrected chi connectivity index (χ0v) is 11.4. The fourth-order valence-corrected chi connectivity index (χ4v) is 3.00. The molecule has 2 aliphatic rings. The van der Waals surface area contributed by atoms with Crippen LogP contribution in [0.15, 0.2) is 0 Å². The van der Waals surface area contributed by atoms with Gasteiger partial charge >= 0.3 is 0 Å². The Morgan fingerprint density at radius 3 is 2.88 bits per heavy atom. The summed E-state index contributed by atoms with van der Waals surface area (Å²) in [5, 5.41) is 0. The van der Waals surface area contributed by atoms with Gasteiger partial charge in [-0.3, -0.25) is 4.90 Å². The van der Waals surface area contributed by atoms with Gasteiger partial charge in [0.1, 0.15) is 0 Å². The molecule has 2 fully saturated rings. The summed E-state index contributed by atoms with van der Waals surface area (Å²) in [7, 11) is 0. The lowest BCUT2D eigenvalue weighted by Crippen LogP contribution is -2.50. The first-order valence-corrected chi connectivity index (χ1v) is 7.44. The van der Waals surface area contributed by atoms with Crippen LogP contribution in [0, 0.1) is 0 Å². The molecule has 1 unspecified atom stereocenters. The van der Waals surface area contributed by atoms with Crippen LogP contribution in [0.3, 0.4) is 0 Å². The molecular formula is C14H28N2O. The first-order chi connectivity index (χ1) is 8.40. The topological polar surface area (TPSA) is 15.7 Å². The van der Waals surface area contributed by atoms with Gasteiger partial charge in [-0.2, -0.15) is 0 Å². The minimum absolute atomic E-state index is 0.866. The zero-order chi connectivity index (χ0) is 11.9. The van der Waals surface area contributed by atoms with Crippen LogP contribution >= 0.6 is 0 Å². The van der Waals surface area contributed by atoms with E-state index >= 15 is 0 Å². The molecule has 2 aliphatic heterocycles. The summed E-state index contributed by atoms with van der Waals surface area (Å²) in [6.07, 6.45) is 6.49. The molecule has 0 N–H and O–H groups in total. The lowest BCUT2D eigenvalue weighted by Gasteiger charge is -2.37. The van der Waals surface area contributed by atoms with Gasteiger partial charge in [0.25, 0.3) is 0 Å². The van der Waals surface area contributed by atoms with Crippen molar-refractivity contribution in [2.45, 2.75) is 45.1 Å². The molecule has 0 aromatic rings. The molecule has 0 bridgehead atoms. The van der Waals surface area contributed by atoms with Gasteiger partial charge in [0.15, 0.2) is 0 Å². The van der Waals surface area contributed by atoms with E-state index in [2.05, 4.69) is 16.7 Å². The van der Waals surface area contributed by atoms with Gasteiger partial charge in [-0.1, -0.05) is 13.3 Å². The molecule has 0 saturated carbocycles. The van der Waals surface area contributed by atoms with Crippen molar-refractivity contribution < 1.29 is 4.74 Å². The van der Waals surface area contributed by atoms with Crippen LogP contribution in [0.1, 0.15) is 39.0 Å². The SMILES string of the molecule is CCCCOCCCN1CCN2CCCC2C1. The third-order valence-corrected chi connectivity index (χ3v) is 4.08. The smallest absolute Gasteiger partial charge is 0.0478 e. The zero-order valence-electron chi connectivity index (χ0n) is 11.4. The maximum absolute atomic E-state index is 5.61. The predicted molar refractivity (Wildman–Crippen MR) is 71.4 cm³/mol. The van der Waals surface area contributed by atoms with E-state index in [1.165, 1.54) is 64.8 Å². The minimum Gasteiger partial charge on any atom is -0.381 e. The number of unbranched alkanes of at least 4 members (excludes halogenated alkanes) is 1. The highest BCUT2D eigenvalue weighted by atomic mass is 16.5. The van der Waals surface area contributed by atoms with Crippen molar-refractivity contribution in [1.82, 2.24) is 9.80 Å². The average Bonchev–Trinajstić information content (AvgIpc) is 2.81. The number of fused-ring (bicyclic) bond motifs is 1. The molecule has 1 atom stereocenters. The van der Waals surface area contributed by atoms with Gasteiger partial charge in [-0.25, -0.2) is 0 Å². The summed E-state index contributed by atoms with van der Waals surface area (Å²) in [6.45, 7) is 10.6. The Kier molecular flexibility index (Phi) is 5.75. The second kappa shape index (κ2) is 7.34. The normalized spacial score (nSPS) is 26.3. The highest BCUT2D eigenvalue weighted by Crippen LogP contribution is 2.21. The molecule has 2 rings (SSSR count). The lowest BCUT2D eigenvalue weighted by atomic mass is 10.1. The molecule has 0 aliphatic carbocycles. The molecule has 2 heterocycles. The van der Waals surface area contributed by atoms with Crippen LogP contribution in [0.25, 0.3) is 0 Å². The number of ether oxygens (including phenoxy) is 1. The molecule has 0 amide bonds. The maximum Gasteiger partial charge on any atom is 0.0478 e. The number of hydrogen-bond donors (Lipinski definition) is 0. The van der Waals surface area contributed by atoms with Gasteiger partial charge < -0.3 is 9.64 Å². The molecule has 2 saturated heterocycles. The van der Waals surface area contributed by atoms with Crippen molar-refractivity contribution in [2.24, 2.45) is 0 Å². The average molecular weight is 240 g/mol. The third kappa shape index (κ3) is 4.23. The molecular weight excluding hydrogens is 212 g/mol. The van der Waals surface area contributed by atoms with E-state index in [1.54, 1.807) is 0 Å². The van der Waals surface area contributed by atoms with Crippen LogP contribution in [-0.2, 0) is 4.74 Å². The van der Waals surface area contributed by atoms with Crippen LogP contribution in [0.5, 0.6) is 0 Å². The fraction of sp³-hybridized carbons (Fsp3) is 1.00. The van der Waals surface area contributed by atoms with Gasteiger partial charge in [0.05, 0.1) is 0 Å². The van der Waals surface area contributed by atoms with Crippen molar-refractivity contribution >= 4 is 0 Å². The number of piperazine rings is 1. The van der Waals surface area contributed by atoms with Crippen molar-refractivity contribution in [1.29, 1.82) is 0 Å². The minimum atomic E-state index is 0.866. The van der Waals surface area contributed by atoms with Crippen LogP contribution in [0.2, 0.25) is 0 Å².